The number of imidazole rings is 1. The van der Waals surface area contributed by atoms with E-state index in [0.29, 0.717) is 62.3 Å². The predicted molar refractivity (Wildman–Crippen MR) is 151 cm³/mol. The van der Waals surface area contributed by atoms with Crippen LogP contribution in [-0.4, -0.2) is 98.8 Å². The van der Waals surface area contributed by atoms with Crippen molar-refractivity contribution in [2.75, 3.05) is 39.9 Å². The second-order valence-electron chi connectivity index (χ2n) is 10.4. The number of fused-ring (bicyclic) bond motifs is 1. The number of aryl methyl sites for hydroxylation is 1. The quantitative estimate of drug-likeness (QED) is 0.243. The fourth-order valence-electron chi connectivity index (χ4n) is 5.24. The van der Waals surface area contributed by atoms with Gasteiger partial charge in [-0.3, -0.25) is 0 Å². The standard InChI is InChI=1S/C26H36N6O7S2/c1-3-24-30-23-12-22(15-29-25(23)31-24)41(36,37)32-9-7-26(8-10-32)13-18(16-39-26)28-14-19(33)17-38-20-5-4-6-21(11-20)40(34,35)27-2/h4-6,11-12,15,18-19,27-28,33H,3,7-10,13-14,16-17H2,1-2H3,(H,29,30,31)/t18-,19?/m1/s1. The molecule has 41 heavy (non-hydrogen) atoms. The van der Waals surface area contributed by atoms with E-state index in [0.717, 1.165) is 5.82 Å². The highest BCUT2D eigenvalue weighted by atomic mass is 32.2. The summed E-state index contributed by atoms with van der Waals surface area (Å²) in [7, 11) is -5.97. The summed E-state index contributed by atoms with van der Waals surface area (Å²) in [6.45, 7) is 3.36. The van der Waals surface area contributed by atoms with Gasteiger partial charge in [0.05, 0.1) is 17.1 Å². The molecule has 0 radical (unpaired) electrons. The summed E-state index contributed by atoms with van der Waals surface area (Å²) in [4.78, 5) is 12.0. The number of aromatic nitrogens is 3. The summed E-state index contributed by atoms with van der Waals surface area (Å²) >= 11 is 0. The average molecular weight is 609 g/mol. The molecule has 5 rings (SSSR count). The number of benzene rings is 1. The monoisotopic (exact) mass is 608 g/mol. The van der Waals surface area contributed by atoms with Crippen LogP contribution in [0, 0.1) is 0 Å². The van der Waals surface area contributed by atoms with Crippen LogP contribution in [0.2, 0.25) is 0 Å². The van der Waals surface area contributed by atoms with E-state index in [1.54, 1.807) is 18.2 Å². The van der Waals surface area contributed by atoms with Gasteiger partial charge in [0.15, 0.2) is 5.65 Å². The number of rotatable bonds is 11. The van der Waals surface area contributed by atoms with Gasteiger partial charge in [0, 0.05) is 44.4 Å². The van der Waals surface area contributed by atoms with Crippen molar-refractivity contribution in [2.45, 2.75) is 60.1 Å². The number of ether oxygens (including phenoxy) is 2. The third kappa shape index (κ3) is 6.56. The number of aliphatic hydroxyl groups excluding tert-OH is 1. The van der Waals surface area contributed by atoms with Gasteiger partial charge in [0.25, 0.3) is 0 Å². The van der Waals surface area contributed by atoms with Crippen LogP contribution in [0.25, 0.3) is 11.2 Å². The number of nitrogens with one attached hydrogen (secondary N) is 3. The summed E-state index contributed by atoms with van der Waals surface area (Å²) in [5, 5.41) is 13.7. The second kappa shape index (κ2) is 11.9. The van der Waals surface area contributed by atoms with Crippen LogP contribution in [0.15, 0.2) is 46.3 Å². The maximum Gasteiger partial charge on any atom is 0.244 e. The normalized spacial score (nSPS) is 20.5. The first-order valence-corrected chi connectivity index (χ1v) is 16.5. The van der Waals surface area contributed by atoms with E-state index >= 15 is 0 Å². The zero-order chi connectivity index (χ0) is 29.3. The molecule has 2 fully saturated rings. The Morgan fingerprint density at radius 2 is 2.00 bits per heavy atom. The molecular weight excluding hydrogens is 572 g/mol. The van der Waals surface area contributed by atoms with Crippen LogP contribution in [0.4, 0.5) is 0 Å². The van der Waals surface area contributed by atoms with E-state index in [-0.39, 0.29) is 29.0 Å². The molecule has 3 aromatic rings. The number of aliphatic hydroxyl groups is 1. The molecule has 0 saturated carbocycles. The molecule has 1 spiro atoms. The summed E-state index contributed by atoms with van der Waals surface area (Å²) in [5.41, 5.74) is 0.694. The Morgan fingerprint density at radius 1 is 1.22 bits per heavy atom. The van der Waals surface area contributed by atoms with Crippen LogP contribution in [0.3, 0.4) is 0 Å². The average Bonchev–Trinajstić information content (AvgIpc) is 3.58. The maximum atomic E-state index is 13.3. The van der Waals surface area contributed by atoms with E-state index in [1.807, 2.05) is 6.92 Å². The predicted octanol–water partition coefficient (Wildman–Crippen LogP) is 0.770. The first-order chi connectivity index (χ1) is 19.5. The molecule has 0 bridgehead atoms. The summed E-state index contributed by atoms with van der Waals surface area (Å²) in [6, 6.07) is 7.65. The van der Waals surface area contributed by atoms with Crippen molar-refractivity contribution in [3.63, 3.8) is 0 Å². The summed E-state index contributed by atoms with van der Waals surface area (Å²) in [6.07, 6.45) is 3.10. The van der Waals surface area contributed by atoms with Gasteiger partial charge in [0.1, 0.15) is 34.7 Å². The third-order valence-electron chi connectivity index (χ3n) is 7.65. The molecule has 0 amide bonds. The lowest BCUT2D eigenvalue weighted by Gasteiger charge is -2.38. The highest BCUT2D eigenvalue weighted by molar-refractivity contribution is 7.89. The van der Waals surface area contributed by atoms with Crippen LogP contribution in [0.5, 0.6) is 5.75 Å². The number of nitrogens with zero attached hydrogens (tertiary/aromatic N) is 3. The molecule has 2 saturated heterocycles. The van der Waals surface area contributed by atoms with Crippen LogP contribution in [0.1, 0.15) is 32.0 Å². The number of piperidine rings is 1. The summed E-state index contributed by atoms with van der Waals surface area (Å²) < 4.78 is 66.1. The Hall–Kier alpha value is -2.66. The number of H-pyrrole nitrogens is 1. The molecule has 4 heterocycles. The van der Waals surface area contributed by atoms with Gasteiger partial charge in [-0.1, -0.05) is 13.0 Å². The maximum absolute atomic E-state index is 13.3. The first kappa shape index (κ1) is 29.8. The highest BCUT2D eigenvalue weighted by Gasteiger charge is 2.44. The van der Waals surface area contributed by atoms with Gasteiger partial charge in [-0.2, -0.15) is 4.31 Å². The van der Waals surface area contributed by atoms with E-state index in [1.165, 1.54) is 29.7 Å². The van der Waals surface area contributed by atoms with E-state index < -0.39 is 31.8 Å². The molecule has 2 atom stereocenters. The SMILES string of the molecule is CCc1nc2cc(S(=O)(=O)N3CCC4(CC3)C[C@@H](NCC(O)COc3cccc(S(=O)(=O)NC)c3)CO4)cnc2[nH]1. The minimum absolute atomic E-state index is 0.0101. The molecular formula is C26H36N6O7S2. The molecule has 0 aliphatic carbocycles. The number of aromatic amines is 1. The molecule has 2 aliphatic rings. The zero-order valence-corrected chi connectivity index (χ0v) is 24.7. The van der Waals surface area contributed by atoms with Crippen molar-refractivity contribution in [1.29, 1.82) is 0 Å². The Labute approximate surface area is 239 Å². The third-order valence-corrected chi connectivity index (χ3v) is 10.9. The molecule has 1 aromatic carbocycles. The Balaban J connectivity index is 1.09. The second-order valence-corrected chi connectivity index (χ2v) is 14.3. The zero-order valence-electron chi connectivity index (χ0n) is 23.0. The van der Waals surface area contributed by atoms with E-state index in [4.69, 9.17) is 9.47 Å². The topological polar surface area (TPSA) is 176 Å². The number of hydrogen-bond donors (Lipinski definition) is 4. The van der Waals surface area contributed by atoms with Crippen molar-refractivity contribution in [3.05, 3.63) is 42.4 Å². The Bertz CT molecular complexity index is 1590. The molecule has 2 aliphatic heterocycles. The lowest BCUT2D eigenvalue weighted by atomic mass is 9.88. The van der Waals surface area contributed by atoms with Crippen molar-refractivity contribution in [2.24, 2.45) is 0 Å². The minimum Gasteiger partial charge on any atom is -0.491 e. The van der Waals surface area contributed by atoms with Crippen LogP contribution < -0.4 is 14.8 Å². The van der Waals surface area contributed by atoms with Crippen LogP contribution in [-0.2, 0) is 31.2 Å². The Morgan fingerprint density at radius 3 is 2.73 bits per heavy atom. The molecule has 2 aromatic heterocycles. The van der Waals surface area contributed by atoms with Gasteiger partial charge in [-0.25, -0.2) is 31.5 Å². The minimum atomic E-state index is -3.71. The van der Waals surface area contributed by atoms with Crippen LogP contribution >= 0.6 is 0 Å². The van der Waals surface area contributed by atoms with Crippen molar-refractivity contribution < 1.29 is 31.4 Å². The lowest BCUT2D eigenvalue weighted by molar-refractivity contribution is -0.0312. The van der Waals surface area contributed by atoms with Gasteiger partial charge in [0.2, 0.25) is 20.0 Å². The Kier molecular flexibility index (Phi) is 8.66. The molecule has 4 N–H and O–H groups in total. The molecule has 224 valence electrons. The molecule has 13 nitrogen and oxygen atoms in total. The largest absolute Gasteiger partial charge is 0.491 e. The van der Waals surface area contributed by atoms with E-state index in [2.05, 4.69) is 25.0 Å². The fourth-order valence-corrected chi connectivity index (χ4v) is 7.42. The van der Waals surface area contributed by atoms with Gasteiger partial charge in [-0.15, -0.1) is 0 Å². The summed E-state index contributed by atoms with van der Waals surface area (Å²) in [5.74, 6) is 1.10. The lowest BCUT2D eigenvalue weighted by Crippen LogP contribution is -2.47. The first-order valence-electron chi connectivity index (χ1n) is 13.6. The van der Waals surface area contributed by atoms with Crippen molar-refractivity contribution >= 4 is 31.2 Å². The number of sulfonamides is 2. The fraction of sp³-hybridized carbons (Fsp3) is 0.538. The highest BCUT2D eigenvalue weighted by Crippen LogP contribution is 2.37. The molecule has 1 unspecified atom stereocenters. The van der Waals surface area contributed by atoms with Gasteiger partial charge < -0.3 is 24.9 Å². The van der Waals surface area contributed by atoms with Gasteiger partial charge in [-0.05, 0) is 44.5 Å². The smallest absolute Gasteiger partial charge is 0.244 e. The van der Waals surface area contributed by atoms with Crippen molar-refractivity contribution in [3.8, 4) is 5.75 Å². The van der Waals surface area contributed by atoms with Crippen molar-refractivity contribution in [1.82, 2.24) is 29.3 Å². The van der Waals surface area contributed by atoms with Gasteiger partial charge >= 0.3 is 0 Å². The number of hydrogen-bond acceptors (Lipinski definition) is 10. The van der Waals surface area contributed by atoms with E-state index in [9.17, 15) is 21.9 Å². The number of pyridine rings is 1. The molecule has 15 heteroatoms.